The molecule has 4 nitrogen and oxygen atoms in total. The minimum Gasteiger partial charge on any atom is -0.266 e. The van der Waals surface area contributed by atoms with Gasteiger partial charge in [0, 0.05) is 11.6 Å². The quantitative estimate of drug-likeness (QED) is 0.616. The fourth-order valence-electron chi connectivity index (χ4n) is 1.13. The SMILES string of the molecule is Cc1n[nH]c(=O)c2ncccc12. The molecule has 0 saturated heterocycles. The standard InChI is InChI=1S/C8H7N3O/c1-5-6-3-2-4-9-7(6)8(12)11-10-5/h2-4H,1H3,(H,11,12). The van der Waals surface area contributed by atoms with Crippen molar-refractivity contribution in [3.8, 4) is 0 Å². The van der Waals surface area contributed by atoms with Crippen LogP contribution in [0.3, 0.4) is 0 Å². The second-order valence-corrected chi connectivity index (χ2v) is 2.54. The molecular formula is C8H7N3O. The molecule has 2 aromatic heterocycles. The van der Waals surface area contributed by atoms with E-state index in [1.807, 2.05) is 13.0 Å². The van der Waals surface area contributed by atoms with Crippen molar-refractivity contribution in [2.75, 3.05) is 0 Å². The van der Waals surface area contributed by atoms with Gasteiger partial charge in [-0.15, -0.1) is 0 Å². The van der Waals surface area contributed by atoms with E-state index in [9.17, 15) is 4.79 Å². The molecule has 0 radical (unpaired) electrons. The van der Waals surface area contributed by atoms with Crippen molar-refractivity contribution in [2.45, 2.75) is 6.92 Å². The molecule has 0 aliphatic rings. The van der Waals surface area contributed by atoms with E-state index < -0.39 is 0 Å². The van der Waals surface area contributed by atoms with E-state index in [-0.39, 0.29) is 5.56 Å². The van der Waals surface area contributed by atoms with E-state index in [1.54, 1.807) is 12.3 Å². The van der Waals surface area contributed by atoms with Crippen LogP contribution in [0.2, 0.25) is 0 Å². The summed E-state index contributed by atoms with van der Waals surface area (Å²) in [7, 11) is 0. The van der Waals surface area contributed by atoms with Gasteiger partial charge in [-0.2, -0.15) is 5.10 Å². The predicted molar refractivity (Wildman–Crippen MR) is 44.9 cm³/mol. The smallest absolute Gasteiger partial charge is 0.266 e. The summed E-state index contributed by atoms with van der Waals surface area (Å²) in [6, 6.07) is 3.62. The molecule has 0 atom stereocenters. The highest BCUT2D eigenvalue weighted by atomic mass is 16.1. The number of hydrogen-bond acceptors (Lipinski definition) is 3. The van der Waals surface area contributed by atoms with Crippen LogP contribution >= 0.6 is 0 Å². The minimum absolute atomic E-state index is 0.240. The predicted octanol–water partition coefficient (Wildman–Crippen LogP) is 0.627. The van der Waals surface area contributed by atoms with Gasteiger partial charge in [-0.25, -0.2) is 5.10 Å². The number of nitrogens with one attached hydrogen (secondary N) is 1. The summed E-state index contributed by atoms with van der Waals surface area (Å²) in [6.45, 7) is 1.83. The molecule has 0 saturated carbocycles. The van der Waals surface area contributed by atoms with Crippen LogP contribution in [0.5, 0.6) is 0 Å². The third kappa shape index (κ3) is 0.887. The molecule has 0 amide bonds. The maximum Gasteiger partial charge on any atom is 0.290 e. The van der Waals surface area contributed by atoms with Crippen molar-refractivity contribution in [3.05, 3.63) is 34.4 Å². The highest BCUT2D eigenvalue weighted by Crippen LogP contribution is 2.07. The summed E-state index contributed by atoms with van der Waals surface area (Å²) in [5.41, 5.74) is 0.999. The zero-order valence-electron chi connectivity index (χ0n) is 6.53. The second-order valence-electron chi connectivity index (χ2n) is 2.54. The Hall–Kier alpha value is -1.71. The van der Waals surface area contributed by atoms with E-state index in [2.05, 4.69) is 15.2 Å². The van der Waals surface area contributed by atoms with Crippen LogP contribution in [0, 0.1) is 6.92 Å². The van der Waals surface area contributed by atoms with Crippen LogP contribution in [0.1, 0.15) is 5.69 Å². The van der Waals surface area contributed by atoms with Gasteiger partial charge in [0.15, 0.2) is 0 Å². The Balaban J connectivity index is 3.05. The van der Waals surface area contributed by atoms with E-state index in [0.29, 0.717) is 5.52 Å². The van der Waals surface area contributed by atoms with Crippen molar-refractivity contribution in [2.24, 2.45) is 0 Å². The first-order valence-corrected chi connectivity index (χ1v) is 3.59. The van der Waals surface area contributed by atoms with Crippen molar-refractivity contribution >= 4 is 10.9 Å². The highest BCUT2D eigenvalue weighted by Gasteiger charge is 2.01. The average molecular weight is 161 g/mol. The van der Waals surface area contributed by atoms with Crippen molar-refractivity contribution < 1.29 is 0 Å². The van der Waals surface area contributed by atoms with Crippen LogP contribution in [0.25, 0.3) is 10.9 Å². The van der Waals surface area contributed by atoms with Gasteiger partial charge >= 0.3 is 0 Å². The molecule has 0 aromatic carbocycles. The lowest BCUT2D eigenvalue weighted by molar-refractivity contribution is 0.964. The summed E-state index contributed by atoms with van der Waals surface area (Å²) >= 11 is 0. The fraction of sp³-hybridized carbons (Fsp3) is 0.125. The molecule has 2 rings (SSSR count). The van der Waals surface area contributed by atoms with Gasteiger partial charge in [0.2, 0.25) is 0 Å². The van der Waals surface area contributed by atoms with Crippen LogP contribution in [0.15, 0.2) is 23.1 Å². The van der Waals surface area contributed by atoms with E-state index in [4.69, 9.17) is 0 Å². The summed E-state index contributed by atoms with van der Waals surface area (Å²) in [5.74, 6) is 0. The topological polar surface area (TPSA) is 58.6 Å². The van der Waals surface area contributed by atoms with Gasteiger partial charge in [0.05, 0.1) is 5.69 Å². The molecular weight excluding hydrogens is 154 g/mol. The van der Waals surface area contributed by atoms with E-state index >= 15 is 0 Å². The molecule has 0 spiro atoms. The van der Waals surface area contributed by atoms with Crippen molar-refractivity contribution in [3.63, 3.8) is 0 Å². The van der Waals surface area contributed by atoms with Crippen molar-refractivity contribution in [1.29, 1.82) is 0 Å². The molecule has 2 heterocycles. The van der Waals surface area contributed by atoms with Gasteiger partial charge < -0.3 is 0 Å². The molecule has 60 valence electrons. The van der Waals surface area contributed by atoms with Gasteiger partial charge in [-0.3, -0.25) is 9.78 Å². The van der Waals surface area contributed by atoms with Gasteiger partial charge in [0.1, 0.15) is 5.52 Å². The molecule has 0 unspecified atom stereocenters. The first-order chi connectivity index (χ1) is 5.79. The Kier molecular flexibility index (Phi) is 1.40. The molecule has 0 aliphatic carbocycles. The number of aryl methyl sites for hydroxylation is 1. The number of pyridine rings is 1. The zero-order valence-corrected chi connectivity index (χ0v) is 6.53. The number of fused-ring (bicyclic) bond motifs is 1. The number of aromatic nitrogens is 3. The van der Waals surface area contributed by atoms with Crippen molar-refractivity contribution in [1.82, 2.24) is 15.2 Å². The Morgan fingerprint density at radius 2 is 2.33 bits per heavy atom. The Bertz CT molecular complexity index is 475. The summed E-state index contributed by atoms with van der Waals surface area (Å²) in [5, 5.41) is 7.01. The van der Waals surface area contributed by atoms with E-state index in [0.717, 1.165) is 11.1 Å². The highest BCUT2D eigenvalue weighted by molar-refractivity contribution is 5.78. The lowest BCUT2D eigenvalue weighted by Crippen LogP contribution is -2.10. The molecule has 1 N–H and O–H groups in total. The normalized spacial score (nSPS) is 10.4. The number of hydrogen-bond donors (Lipinski definition) is 1. The first-order valence-electron chi connectivity index (χ1n) is 3.59. The largest absolute Gasteiger partial charge is 0.290 e. The molecule has 0 bridgehead atoms. The lowest BCUT2D eigenvalue weighted by atomic mass is 10.2. The fourth-order valence-corrected chi connectivity index (χ4v) is 1.13. The van der Waals surface area contributed by atoms with E-state index in [1.165, 1.54) is 0 Å². The van der Waals surface area contributed by atoms with Gasteiger partial charge in [-0.05, 0) is 19.1 Å². The maximum atomic E-state index is 11.2. The third-order valence-corrected chi connectivity index (χ3v) is 1.74. The summed E-state index contributed by atoms with van der Waals surface area (Å²) in [6.07, 6.45) is 1.59. The number of H-pyrrole nitrogens is 1. The summed E-state index contributed by atoms with van der Waals surface area (Å²) in [4.78, 5) is 15.1. The summed E-state index contributed by atoms with van der Waals surface area (Å²) < 4.78 is 0. The molecule has 2 aromatic rings. The van der Waals surface area contributed by atoms with Crippen LogP contribution in [-0.2, 0) is 0 Å². The number of rotatable bonds is 0. The first kappa shape index (κ1) is 6.97. The Morgan fingerprint density at radius 1 is 1.50 bits per heavy atom. The molecule has 0 aliphatic heterocycles. The number of nitrogens with zero attached hydrogens (tertiary/aromatic N) is 2. The van der Waals surface area contributed by atoms with Gasteiger partial charge in [0.25, 0.3) is 5.56 Å². The van der Waals surface area contributed by atoms with Crippen LogP contribution in [0.4, 0.5) is 0 Å². The molecule has 0 fully saturated rings. The second kappa shape index (κ2) is 2.41. The molecule has 4 heteroatoms. The van der Waals surface area contributed by atoms with Crippen LogP contribution < -0.4 is 5.56 Å². The average Bonchev–Trinajstić information content (AvgIpc) is 2.12. The zero-order chi connectivity index (χ0) is 8.55. The lowest BCUT2D eigenvalue weighted by Gasteiger charge is -1.96. The molecule has 12 heavy (non-hydrogen) atoms. The Labute approximate surface area is 68.3 Å². The number of aromatic amines is 1. The maximum absolute atomic E-state index is 11.2. The Morgan fingerprint density at radius 3 is 3.08 bits per heavy atom. The van der Waals surface area contributed by atoms with Crippen LogP contribution in [-0.4, -0.2) is 15.2 Å². The third-order valence-electron chi connectivity index (χ3n) is 1.74. The van der Waals surface area contributed by atoms with Gasteiger partial charge in [-0.1, -0.05) is 0 Å². The minimum atomic E-state index is -0.240. The monoisotopic (exact) mass is 161 g/mol.